The first kappa shape index (κ1) is 35.3. The Bertz CT molecular complexity index is 1420. The van der Waals surface area contributed by atoms with E-state index in [4.69, 9.17) is 11.1 Å². The molecule has 12 heteroatoms. The number of nitrogens with two attached hydrogens (primary N) is 1. The molecule has 2 aliphatic heterocycles. The van der Waals surface area contributed by atoms with Crippen LogP contribution >= 0.6 is 12.4 Å². The van der Waals surface area contributed by atoms with E-state index < -0.39 is 27.6 Å². The Morgan fingerprint density at radius 1 is 1.07 bits per heavy atom. The molecule has 2 saturated heterocycles. The van der Waals surface area contributed by atoms with Crippen LogP contribution in [0.5, 0.6) is 0 Å². The van der Waals surface area contributed by atoms with Crippen molar-refractivity contribution in [1.82, 2.24) is 19.4 Å². The van der Waals surface area contributed by atoms with Crippen molar-refractivity contribution in [2.45, 2.75) is 82.7 Å². The molecule has 2 aromatic carbocycles. The Morgan fingerprint density at radius 2 is 1.68 bits per heavy atom. The van der Waals surface area contributed by atoms with Crippen molar-refractivity contribution in [2.75, 3.05) is 32.7 Å². The number of sulfonamides is 1. The zero-order valence-electron chi connectivity index (χ0n) is 26.3. The standard InChI is InChI=1S/C32H46N6O4S.ClH/c1-5-16-37-29(39)27(12-9-17-38(31(33)34)43(41,42)28-24(3)21-23(2)22-25(28)4)35-30(40)32(37)14-19-36(20-15-32)18-13-26-10-7-6-8-11-26;/h6-8,10-11,21-22,27H,5,9,12-20H2,1-4H3,(H3,33,34)(H,35,40);1H/t27-;/m0./s1. The lowest BCUT2D eigenvalue weighted by Crippen LogP contribution is -2.72. The van der Waals surface area contributed by atoms with Crippen LogP contribution in [-0.2, 0) is 26.0 Å². The van der Waals surface area contributed by atoms with Crippen LogP contribution < -0.4 is 11.1 Å². The fourth-order valence-electron chi connectivity index (χ4n) is 6.69. The molecular formula is C32H47ClN6O4S. The summed E-state index contributed by atoms with van der Waals surface area (Å²) in [4.78, 5) is 31.7. The minimum Gasteiger partial charge on any atom is -0.369 e. The maximum absolute atomic E-state index is 13.8. The molecule has 0 aromatic heterocycles. The number of rotatable bonds is 11. The number of carbonyl (C=O) groups excluding carboxylic acids is 2. The maximum atomic E-state index is 13.8. The molecule has 10 nitrogen and oxygen atoms in total. The number of likely N-dealkylation sites (tertiary alicyclic amines) is 1. The van der Waals surface area contributed by atoms with Crippen molar-refractivity contribution in [1.29, 1.82) is 5.41 Å². The highest BCUT2D eigenvalue weighted by Gasteiger charge is 2.53. The third kappa shape index (κ3) is 7.38. The van der Waals surface area contributed by atoms with Crippen LogP contribution in [0.1, 0.15) is 61.3 Å². The number of hydrogen-bond acceptors (Lipinski definition) is 6. The lowest BCUT2D eigenvalue weighted by Gasteiger charge is -2.51. The second-order valence-electron chi connectivity index (χ2n) is 12.0. The number of piperazine rings is 1. The van der Waals surface area contributed by atoms with Crippen molar-refractivity contribution in [2.24, 2.45) is 5.73 Å². The molecule has 0 aliphatic carbocycles. The van der Waals surface area contributed by atoms with Gasteiger partial charge >= 0.3 is 0 Å². The number of halogens is 1. The Kier molecular flexibility index (Phi) is 11.8. The molecule has 0 saturated carbocycles. The third-order valence-electron chi connectivity index (χ3n) is 8.77. The van der Waals surface area contributed by atoms with Crippen molar-refractivity contribution >= 4 is 40.2 Å². The van der Waals surface area contributed by atoms with Crippen LogP contribution in [0.4, 0.5) is 0 Å². The van der Waals surface area contributed by atoms with Gasteiger partial charge in [0.25, 0.3) is 10.0 Å². The second-order valence-corrected chi connectivity index (χ2v) is 13.8. The van der Waals surface area contributed by atoms with E-state index in [1.165, 1.54) is 5.56 Å². The lowest BCUT2D eigenvalue weighted by atomic mass is 9.81. The quantitative estimate of drug-likeness (QED) is 0.252. The Balaban J connectivity index is 0.00000529. The molecule has 2 heterocycles. The van der Waals surface area contributed by atoms with E-state index in [1.54, 1.807) is 30.9 Å². The van der Waals surface area contributed by atoms with Gasteiger partial charge in [0.15, 0.2) is 0 Å². The average molecular weight is 647 g/mol. The number of nitrogens with one attached hydrogen (secondary N) is 2. The van der Waals surface area contributed by atoms with E-state index in [-0.39, 0.29) is 48.5 Å². The molecule has 0 radical (unpaired) electrons. The van der Waals surface area contributed by atoms with E-state index in [1.807, 2.05) is 32.0 Å². The average Bonchev–Trinajstić information content (AvgIpc) is 2.95. The van der Waals surface area contributed by atoms with Gasteiger partial charge in [0.2, 0.25) is 17.8 Å². The summed E-state index contributed by atoms with van der Waals surface area (Å²) in [5.74, 6) is -0.833. The molecule has 4 rings (SSSR count). The van der Waals surface area contributed by atoms with Gasteiger partial charge in [-0.25, -0.2) is 12.7 Å². The van der Waals surface area contributed by atoms with Gasteiger partial charge in [-0.3, -0.25) is 15.0 Å². The van der Waals surface area contributed by atoms with Gasteiger partial charge in [-0.2, -0.15) is 0 Å². The molecule has 2 amide bonds. The van der Waals surface area contributed by atoms with E-state index >= 15 is 0 Å². The van der Waals surface area contributed by atoms with Crippen molar-refractivity contribution in [3.05, 3.63) is 64.7 Å². The predicted molar refractivity (Wildman–Crippen MR) is 175 cm³/mol. The summed E-state index contributed by atoms with van der Waals surface area (Å²) in [6.07, 6.45) is 3.33. The fraction of sp³-hybridized carbons (Fsp3) is 0.531. The zero-order chi connectivity index (χ0) is 31.4. The Morgan fingerprint density at radius 3 is 2.25 bits per heavy atom. The maximum Gasteiger partial charge on any atom is 0.267 e. The zero-order valence-corrected chi connectivity index (χ0v) is 27.9. The van der Waals surface area contributed by atoms with Crippen molar-refractivity contribution in [3.63, 3.8) is 0 Å². The highest BCUT2D eigenvalue weighted by Crippen LogP contribution is 2.34. The molecule has 1 spiro atoms. The van der Waals surface area contributed by atoms with Gasteiger partial charge in [-0.15, -0.1) is 12.4 Å². The monoisotopic (exact) mass is 646 g/mol. The number of guanidine groups is 1. The highest BCUT2D eigenvalue weighted by atomic mass is 35.5. The minimum atomic E-state index is -4.08. The van der Waals surface area contributed by atoms with E-state index in [9.17, 15) is 18.0 Å². The SMILES string of the molecule is CCCN1C(=O)[C@H](CCCN(C(=N)N)S(=O)(=O)c2c(C)cc(C)cc2C)NC(=O)C12CCN(CCc1ccccc1)CC2.Cl. The van der Waals surface area contributed by atoms with Gasteiger partial charge in [-0.1, -0.05) is 55.0 Å². The van der Waals surface area contributed by atoms with Crippen molar-refractivity contribution < 1.29 is 18.0 Å². The molecule has 2 fully saturated rings. The van der Waals surface area contributed by atoms with Gasteiger partial charge in [-0.05, 0) is 76.0 Å². The fourth-order valence-corrected chi connectivity index (χ4v) is 8.47. The van der Waals surface area contributed by atoms with E-state index in [2.05, 4.69) is 22.3 Å². The van der Waals surface area contributed by atoms with Gasteiger partial charge in [0.05, 0.1) is 4.90 Å². The van der Waals surface area contributed by atoms with Crippen LogP contribution in [0.25, 0.3) is 0 Å². The molecule has 44 heavy (non-hydrogen) atoms. The molecule has 242 valence electrons. The summed E-state index contributed by atoms with van der Waals surface area (Å²) in [6.45, 7) is 10.2. The van der Waals surface area contributed by atoms with Gasteiger partial charge in [0.1, 0.15) is 11.6 Å². The predicted octanol–water partition coefficient (Wildman–Crippen LogP) is 3.51. The summed E-state index contributed by atoms with van der Waals surface area (Å²) in [5.41, 5.74) is 8.31. The summed E-state index contributed by atoms with van der Waals surface area (Å²) in [5, 5.41) is 11.0. The molecule has 2 aliphatic rings. The Labute approximate surface area is 268 Å². The Hall–Kier alpha value is -3.15. The number of hydrogen-bond donors (Lipinski definition) is 3. The topological polar surface area (TPSA) is 140 Å². The van der Waals surface area contributed by atoms with Crippen molar-refractivity contribution in [3.8, 4) is 0 Å². The van der Waals surface area contributed by atoms with E-state index in [0.717, 1.165) is 42.3 Å². The van der Waals surface area contributed by atoms with Crippen LogP contribution in [-0.4, -0.2) is 84.6 Å². The summed E-state index contributed by atoms with van der Waals surface area (Å²) in [6, 6.07) is 13.2. The van der Waals surface area contributed by atoms with Crippen LogP contribution in [0.2, 0.25) is 0 Å². The third-order valence-corrected chi connectivity index (χ3v) is 10.9. The molecule has 2 aromatic rings. The molecular weight excluding hydrogens is 600 g/mol. The largest absolute Gasteiger partial charge is 0.369 e. The summed E-state index contributed by atoms with van der Waals surface area (Å²) < 4.78 is 28.0. The summed E-state index contributed by atoms with van der Waals surface area (Å²) in [7, 11) is -4.08. The van der Waals surface area contributed by atoms with E-state index in [0.29, 0.717) is 30.5 Å². The summed E-state index contributed by atoms with van der Waals surface area (Å²) >= 11 is 0. The number of benzene rings is 2. The minimum absolute atomic E-state index is 0. The first-order valence-corrected chi connectivity index (χ1v) is 16.7. The molecule has 0 bridgehead atoms. The molecule has 0 unspecified atom stereocenters. The number of nitrogens with zero attached hydrogens (tertiary/aromatic N) is 3. The van der Waals surface area contributed by atoms with Crippen LogP contribution in [0.3, 0.4) is 0 Å². The second kappa shape index (κ2) is 14.8. The van der Waals surface area contributed by atoms with Crippen LogP contribution in [0.15, 0.2) is 47.4 Å². The molecule has 1 atom stereocenters. The number of piperidine rings is 1. The highest BCUT2D eigenvalue weighted by molar-refractivity contribution is 7.89. The lowest BCUT2D eigenvalue weighted by molar-refractivity contribution is -0.161. The number of aryl methyl sites for hydroxylation is 3. The number of carbonyl (C=O) groups is 2. The smallest absolute Gasteiger partial charge is 0.267 e. The first-order chi connectivity index (χ1) is 20.4. The normalized spacial score (nSPS) is 18.5. The number of amides is 2. The first-order valence-electron chi connectivity index (χ1n) is 15.2. The van der Waals surface area contributed by atoms with Crippen LogP contribution in [0, 0.1) is 26.2 Å². The van der Waals surface area contributed by atoms with Gasteiger partial charge < -0.3 is 20.9 Å². The molecule has 4 N–H and O–H groups in total. The van der Waals surface area contributed by atoms with Gasteiger partial charge in [0, 0.05) is 32.7 Å².